The molecular weight excluding hydrogens is 314 g/mol. The number of primary amides is 1. The van der Waals surface area contributed by atoms with E-state index >= 15 is 0 Å². The fraction of sp³-hybridized carbons (Fsp3) is 0.600. The fourth-order valence-corrected chi connectivity index (χ4v) is 3.96. The molecule has 1 atom stereocenters. The maximum atomic E-state index is 12.5. The molecule has 1 heterocycles. The van der Waals surface area contributed by atoms with Crippen LogP contribution in [-0.2, 0) is 4.79 Å². The van der Waals surface area contributed by atoms with Gasteiger partial charge in [0.1, 0.15) is 0 Å². The Kier molecular flexibility index (Phi) is 5.95. The van der Waals surface area contributed by atoms with Gasteiger partial charge in [0, 0.05) is 30.4 Å². The van der Waals surface area contributed by atoms with Crippen molar-refractivity contribution < 1.29 is 9.59 Å². The molecule has 1 saturated carbocycles. The Hall–Kier alpha value is -2.04. The number of carbonyl (C=O) groups is 2. The van der Waals surface area contributed by atoms with Crippen molar-refractivity contribution in [1.29, 1.82) is 0 Å². The van der Waals surface area contributed by atoms with Gasteiger partial charge in [-0.2, -0.15) is 0 Å². The average Bonchev–Trinajstić information content (AvgIpc) is 2.90. The van der Waals surface area contributed by atoms with Crippen LogP contribution in [0, 0.1) is 5.92 Å². The largest absolute Gasteiger partial charge is 0.371 e. The zero-order valence-corrected chi connectivity index (χ0v) is 14.9. The van der Waals surface area contributed by atoms with E-state index in [-0.39, 0.29) is 17.7 Å². The molecule has 5 heteroatoms. The minimum atomic E-state index is -0.218. The van der Waals surface area contributed by atoms with E-state index in [4.69, 9.17) is 5.73 Å². The van der Waals surface area contributed by atoms with Gasteiger partial charge in [-0.15, -0.1) is 0 Å². The van der Waals surface area contributed by atoms with Crippen LogP contribution in [0.3, 0.4) is 0 Å². The number of nitrogens with two attached hydrogens (primary N) is 1. The van der Waals surface area contributed by atoms with E-state index in [0.717, 1.165) is 37.9 Å². The maximum Gasteiger partial charge on any atom is 0.251 e. The zero-order chi connectivity index (χ0) is 17.6. The number of amides is 2. The first-order valence-electron chi connectivity index (χ1n) is 9.58. The number of piperidine rings is 1. The van der Waals surface area contributed by atoms with Crippen molar-refractivity contribution >= 4 is 17.5 Å². The van der Waals surface area contributed by atoms with Crippen LogP contribution in [0.5, 0.6) is 0 Å². The Morgan fingerprint density at radius 1 is 0.960 bits per heavy atom. The molecule has 1 aliphatic carbocycles. The summed E-state index contributed by atoms with van der Waals surface area (Å²) in [5, 5.41) is 3.18. The predicted molar refractivity (Wildman–Crippen MR) is 99.5 cm³/mol. The van der Waals surface area contributed by atoms with Gasteiger partial charge in [0.15, 0.2) is 0 Å². The number of benzene rings is 1. The molecule has 1 aliphatic heterocycles. The molecule has 1 aromatic carbocycles. The summed E-state index contributed by atoms with van der Waals surface area (Å²) >= 11 is 0. The van der Waals surface area contributed by atoms with Gasteiger partial charge in [-0.05, 0) is 49.9 Å². The smallest absolute Gasteiger partial charge is 0.251 e. The first-order chi connectivity index (χ1) is 12.1. The van der Waals surface area contributed by atoms with Crippen molar-refractivity contribution in [2.24, 2.45) is 11.7 Å². The molecule has 0 aromatic heterocycles. The van der Waals surface area contributed by atoms with E-state index in [1.54, 1.807) is 0 Å². The molecule has 2 aliphatic rings. The van der Waals surface area contributed by atoms with Gasteiger partial charge in [-0.1, -0.05) is 25.7 Å². The standard InChI is InChI=1S/C20H29N3O2/c21-19(24)16-6-5-13-23(14-16)18-11-9-15(10-12-18)20(25)22-17-7-3-1-2-4-8-17/h9-12,16-17H,1-8,13-14H2,(H2,21,24)(H,22,25). The van der Waals surface area contributed by atoms with Crippen molar-refractivity contribution in [3.05, 3.63) is 29.8 Å². The highest BCUT2D eigenvalue weighted by Gasteiger charge is 2.24. The van der Waals surface area contributed by atoms with Gasteiger partial charge < -0.3 is 16.0 Å². The third-order valence-electron chi connectivity index (χ3n) is 5.51. The Labute approximate surface area is 150 Å². The third-order valence-corrected chi connectivity index (χ3v) is 5.51. The first kappa shape index (κ1) is 17.8. The van der Waals surface area contributed by atoms with Crippen LogP contribution >= 0.6 is 0 Å². The fourth-order valence-electron chi connectivity index (χ4n) is 3.96. The predicted octanol–water partition coefficient (Wildman–Crippen LogP) is 2.84. The van der Waals surface area contributed by atoms with Gasteiger partial charge >= 0.3 is 0 Å². The molecule has 136 valence electrons. The molecule has 25 heavy (non-hydrogen) atoms. The summed E-state index contributed by atoms with van der Waals surface area (Å²) in [7, 11) is 0. The lowest BCUT2D eigenvalue weighted by molar-refractivity contribution is -0.122. The summed E-state index contributed by atoms with van der Waals surface area (Å²) in [6, 6.07) is 8.04. The minimum absolute atomic E-state index is 0.0205. The number of hydrogen-bond donors (Lipinski definition) is 2. The lowest BCUT2D eigenvalue weighted by Crippen LogP contribution is -2.41. The average molecular weight is 343 g/mol. The van der Waals surface area contributed by atoms with Crippen molar-refractivity contribution in [3.63, 3.8) is 0 Å². The normalized spacial score (nSPS) is 22.2. The van der Waals surface area contributed by atoms with Crippen molar-refractivity contribution in [2.75, 3.05) is 18.0 Å². The highest BCUT2D eigenvalue weighted by molar-refractivity contribution is 5.94. The molecular formula is C20H29N3O2. The van der Waals surface area contributed by atoms with Crippen LogP contribution < -0.4 is 16.0 Å². The first-order valence-corrected chi connectivity index (χ1v) is 9.58. The number of nitrogens with one attached hydrogen (secondary N) is 1. The molecule has 1 aromatic rings. The van der Waals surface area contributed by atoms with E-state index in [2.05, 4.69) is 10.2 Å². The molecule has 5 nitrogen and oxygen atoms in total. The Bertz CT molecular complexity index is 591. The summed E-state index contributed by atoms with van der Waals surface area (Å²) < 4.78 is 0. The van der Waals surface area contributed by atoms with Crippen LogP contribution in [0.15, 0.2) is 24.3 Å². The van der Waals surface area contributed by atoms with Crippen LogP contribution in [0.25, 0.3) is 0 Å². The number of carbonyl (C=O) groups excluding carboxylic acids is 2. The van der Waals surface area contributed by atoms with E-state index < -0.39 is 0 Å². The van der Waals surface area contributed by atoms with E-state index in [9.17, 15) is 9.59 Å². The summed E-state index contributed by atoms with van der Waals surface area (Å²) in [5.41, 5.74) is 7.21. The lowest BCUT2D eigenvalue weighted by Gasteiger charge is -2.33. The van der Waals surface area contributed by atoms with Gasteiger partial charge in [0.2, 0.25) is 5.91 Å². The van der Waals surface area contributed by atoms with Crippen molar-refractivity contribution in [3.8, 4) is 0 Å². The molecule has 0 bridgehead atoms. The quantitative estimate of drug-likeness (QED) is 0.826. The molecule has 3 rings (SSSR count). The number of hydrogen-bond acceptors (Lipinski definition) is 3. The van der Waals surface area contributed by atoms with Crippen LogP contribution in [0.4, 0.5) is 5.69 Å². The van der Waals surface area contributed by atoms with Gasteiger partial charge in [-0.3, -0.25) is 9.59 Å². The SMILES string of the molecule is NC(=O)C1CCCN(c2ccc(C(=O)NC3CCCCCC3)cc2)C1. The number of rotatable bonds is 4. The van der Waals surface area contributed by atoms with Crippen LogP contribution in [-0.4, -0.2) is 30.9 Å². The molecule has 2 fully saturated rings. The lowest BCUT2D eigenvalue weighted by atomic mass is 9.97. The monoisotopic (exact) mass is 343 g/mol. The van der Waals surface area contributed by atoms with Crippen LogP contribution in [0.1, 0.15) is 61.7 Å². The summed E-state index contributed by atoms with van der Waals surface area (Å²) in [4.78, 5) is 26.1. The Morgan fingerprint density at radius 3 is 2.28 bits per heavy atom. The van der Waals surface area contributed by atoms with E-state index in [1.165, 1.54) is 25.7 Å². The number of anilines is 1. The van der Waals surface area contributed by atoms with E-state index in [1.807, 2.05) is 24.3 Å². The second kappa shape index (κ2) is 8.37. The zero-order valence-electron chi connectivity index (χ0n) is 14.9. The van der Waals surface area contributed by atoms with Gasteiger partial charge in [0.05, 0.1) is 5.92 Å². The van der Waals surface area contributed by atoms with Gasteiger partial charge in [-0.25, -0.2) is 0 Å². The molecule has 1 saturated heterocycles. The number of nitrogens with zero attached hydrogens (tertiary/aromatic N) is 1. The second-order valence-corrected chi connectivity index (χ2v) is 7.40. The molecule has 0 spiro atoms. The highest BCUT2D eigenvalue weighted by Crippen LogP contribution is 2.24. The Balaban J connectivity index is 1.59. The maximum absolute atomic E-state index is 12.5. The summed E-state index contributed by atoms with van der Waals surface area (Å²) in [6.45, 7) is 1.60. The molecule has 2 amide bonds. The highest BCUT2D eigenvalue weighted by atomic mass is 16.2. The summed E-state index contributed by atoms with van der Waals surface area (Å²) in [5.74, 6) is -0.275. The van der Waals surface area contributed by atoms with Gasteiger partial charge in [0.25, 0.3) is 5.91 Å². The minimum Gasteiger partial charge on any atom is -0.371 e. The topological polar surface area (TPSA) is 75.4 Å². The molecule has 1 unspecified atom stereocenters. The van der Waals surface area contributed by atoms with Crippen LogP contribution in [0.2, 0.25) is 0 Å². The summed E-state index contributed by atoms with van der Waals surface area (Å²) in [6.07, 6.45) is 9.00. The molecule has 0 radical (unpaired) electrons. The van der Waals surface area contributed by atoms with E-state index in [0.29, 0.717) is 18.2 Å². The van der Waals surface area contributed by atoms with Crippen molar-refractivity contribution in [1.82, 2.24) is 5.32 Å². The van der Waals surface area contributed by atoms with Crippen molar-refractivity contribution in [2.45, 2.75) is 57.4 Å². The third kappa shape index (κ3) is 4.74. The Morgan fingerprint density at radius 2 is 1.64 bits per heavy atom. The molecule has 3 N–H and O–H groups in total. The second-order valence-electron chi connectivity index (χ2n) is 7.40.